The lowest BCUT2D eigenvalue weighted by Crippen LogP contribution is -2.40. The van der Waals surface area contributed by atoms with Gasteiger partial charge >= 0.3 is 5.97 Å². The highest BCUT2D eigenvalue weighted by molar-refractivity contribution is 5.85. The van der Waals surface area contributed by atoms with Crippen molar-refractivity contribution in [2.45, 2.75) is 38.9 Å². The Morgan fingerprint density at radius 2 is 2.20 bits per heavy atom. The Balaban J connectivity index is 0.00000196. The van der Waals surface area contributed by atoms with Gasteiger partial charge in [0.1, 0.15) is 5.60 Å². The molecule has 1 rings (SSSR count). The maximum atomic E-state index is 11.4. The molecule has 5 heteroatoms. The summed E-state index contributed by atoms with van der Waals surface area (Å²) < 4.78 is 10.6. The Morgan fingerprint density at radius 1 is 1.53 bits per heavy atom. The number of hydrogen-bond donors (Lipinski definition) is 1. The average molecular weight is 238 g/mol. The Bertz CT molecular complexity index is 197. The van der Waals surface area contributed by atoms with Crippen LogP contribution in [0.5, 0.6) is 0 Å². The van der Waals surface area contributed by atoms with E-state index in [1.807, 2.05) is 20.8 Å². The SMILES string of the molecule is CC(C)(C)OC(=O)CC1CNCCO1.Cl. The molecule has 1 aliphatic rings. The Hall–Kier alpha value is -0.320. The minimum absolute atomic E-state index is 0. The van der Waals surface area contributed by atoms with Crippen LogP contribution < -0.4 is 5.32 Å². The molecule has 0 spiro atoms. The first kappa shape index (κ1) is 14.7. The molecule has 0 aromatic carbocycles. The molecule has 0 amide bonds. The molecule has 90 valence electrons. The summed E-state index contributed by atoms with van der Waals surface area (Å²) in [5.41, 5.74) is -0.404. The Kier molecular flexibility index (Phi) is 6.17. The number of nitrogens with one attached hydrogen (secondary N) is 1. The van der Waals surface area contributed by atoms with Gasteiger partial charge < -0.3 is 14.8 Å². The fourth-order valence-electron chi connectivity index (χ4n) is 1.32. The van der Waals surface area contributed by atoms with E-state index < -0.39 is 5.60 Å². The van der Waals surface area contributed by atoms with Crippen molar-refractivity contribution >= 4 is 18.4 Å². The zero-order valence-electron chi connectivity index (χ0n) is 9.54. The van der Waals surface area contributed by atoms with Crippen molar-refractivity contribution in [2.24, 2.45) is 0 Å². The fraction of sp³-hybridized carbons (Fsp3) is 0.900. The van der Waals surface area contributed by atoms with Crippen molar-refractivity contribution in [2.75, 3.05) is 19.7 Å². The van der Waals surface area contributed by atoms with Gasteiger partial charge in [0.2, 0.25) is 0 Å². The number of ether oxygens (including phenoxy) is 2. The smallest absolute Gasteiger partial charge is 0.308 e. The quantitative estimate of drug-likeness (QED) is 0.732. The van der Waals surface area contributed by atoms with E-state index in [9.17, 15) is 4.79 Å². The zero-order valence-corrected chi connectivity index (χ0v) is 10.4. The number of hydrogen-bond acceptors (Lipinski definition) is 4. The first-order valence-electron chi connectivity index (χ1n) is 5.01. The highest BCUT2D eigenvalue weighted by atomic mass is 35.5. The molecule has 15 heavy (non-hydrogen) atoms. The second-order valence-electron chi connectivity index (χ2n) is 4.49. The van der Waals surface area contributed by atoms with Gasteiger partial charge in [-0.1, -0.05) is 0 Å². The molecule has 1 fully saturated rings. The van der Waals surface area contributed by atoms with Gasteiger partial charge in [-0.05, 0) is 20.8 Å². The molecule has 1 saturated heterocycles. The fourth-order valence-corrected chi connectivity index (χ4v) is 1.32. The van der Waals surface area contributed by atoms with Crippen molar-refractivity contribution in [1.29, 1.82) is 0 Å². The molecule has 1 atom stereocenters. The normalized spacial score (nSPS) is 21.7. The number of carbonyl (C=O) groups is 1. The van der Waals surface area contributed by atoms with E-state index in [1.165, 1.54) is 0 Å². The first-order chi connectivity index (χ1) is 6.47. The van der Waals surface area contributed by atoms with Crippen molar-refractivity contribution in [3.05, 3.63) is 0 Å². The lowest BCUT2D eigenvalue weighted by Gasteiger charge is -2.25. The lowest BCUT2D eigenvalue weighted by molar-refractivity contribution is -0.158. The number of rotatable bonds is 2. The molecule has 1 N–H and O–H groups in total. The summed E-state index contributed by atoms with van der Waals surface area (Å²) in [5.74, 6) is -0.189. The van der Waals surface area contributed by atoms with E-state index in [2.05, 4.69) is 5.32 Å². The van der Waals surface area contributed by atoms with Gasteiger partial charge in [-0.25, -0.2) is 0 Å². The molecule has 1 unspecified atom stereocenters. The molecular weight excluding hydrogens is 218 g/mol. The molecule has 1 heterocycles. The summed E-state index contributed by atoms with van der Waals surface area (Å²) in [6.07, 6.45) is 0.308. The Labute approximate surface area is 97.1 Å². The van der Waals surface area contributed by atoms with Gasteiger partial charge in [0.15, 0.2) is 0 Å². The van der Waals surface area contributed by atoms with Gasteiger partial charge in [-0.2, -0.15) is 0 Å². The number of carbonyl (C=O) groups excluding carboxylic acids is 1. The molecule has 4 nitrogen and oxygen atoms in total. The van der Waals surface area contributed by atoms with E-state index in [4.69, 9.17) is 9.47 Å². The summed E-state index contributed by atoms with van der Waals surface area (Å²) in [6.45, 7) is 7.87. The van der Waals surface area contributed by atoms with E-state index in [-0.39, 0.29) is 24.5 Å². The molecule has 1 aliphatic heterocycles. The molecule has 0 aromatic rings. The van der Waals surface area contributed by atoms with Crippen LogP contribution in [0, 0.1) is 0 Å². The van der Waals surface area contributed by atoms with Gasteiger partial charge in [-0.3, -0.25) is 4.79 Å². The van der Waals surface area contributed by atoms with Crippen LogP contribution in [0.25, 0.3) is 0 Å². The maximum absolute atomic E-state index is 11.4. The minimum atomic E-state index is -0.404. The van der Waals surface area contributed by atoms with Crippen molar-refractivity contribution in [3.63, 3.8) is 0 Å². The number of morpholine rings is 1. The first-order valence-corrected chi connectivity index (χ1v) is 5.01. The van der Waals surface area contributed by atoms with E-state index in [1.54, 1.807) is 0 Å². The van der Waals surface area contributed by atoms with Crippen LogP contribution in [0.4, 0.5) is 0 Å². The molecule has 0 aliphatic carbocycles. The molecular formula is C10H20ClNO3. The van der Waals surface area contributed by atoms with Crippen molar-refractivity contribution in [3.8, 4) is 0 Å². The molecule has 0 radical (unpaired) electrons. The van der Waals surface area contributed by atoms with Crippen LogP contribution in [0.3, 0.4) is 0 Å². The summed E-state index contributed by atoms with van der Waals surface area (Å²) in [6, 6.07) is 0. The third-order valence-corrected chi connectivity index (χ3v) is 1.82. The predicted octanol–water partition coefficient (Wildman–Crippen LogP) is 1.13. The van der Waals surface area contributed by atoms with E-state index in [0.717, 1.165) is 13.1 Å². The average Bonchev–Trinajstić information content (AvgIpc) is 2.02. The van der Waals surface area contributed by atoms with Crippen LogP contribution in [0.1, 0.15) is 27.2 Å². The van der Waals surface area contributed by atoms with Crippen molar-refractivity contribution in [1.82, 2.24) is 5.32 Å². The van der Waals surface area contributed by atoms with Gasteiger partial charge in [-0.15, -0.1) is 12.4 Å². The van der Waals surface area contributed by atoms with E-state index in [0.29, 0.717) is 13.0 Å². The van der Waals surface area contributed by atoms with Crippen LogP contribution >= 0.6 is 12.4 Å². The largest absolute Gasteiger partial charge is 0.460 e. The van der Waals surface area contributed by atoms with Gasteiger partial charge in [0.05, 0.1) is 19.1 Å². The third kappa shape index (κ3) is 6.71. The summed E-state index contributed by atoms with van der Waals surface area (Å²) in [7, 11) is 0. The number of halogens is 1. The predicted molar refractivity (Wildman–Crippen MR) is 60.3 cm³/mol. The van der Waals surface area contributed by atoms with E-state index >= 15 is 0 Å². The topological polar surface area (TPSA) is 47.6 Å². The number of esters is 1. The summed E-state index contributed by atoms with van der Waals surface area (Å²) >= 11 is 0. The molecule has 0 aromatic heterocycles. The highest BCUT2D eigenvalue weighted by Crippen LogP contribution is 2.10. The maximum Gasteiger partial charge on any atom is 0.308 e. The Morgan fingerprint density at radius 3 is 2.67 bits per heavy atom. The summed E-state index contributed by atoms with van der Waals surface area (Å²) in [5, 5.41) is 3.17. The minimum Gasteiger partial charge on any atom is -0.460 e. The highest BCUT2D eigenvalue weighted by Gasteiger charge is 2.22. The zero-order chi connectivity index (χ0) is 10.6. The van der Waals surface area contributed by atoms with Gasteiger partial charge in [0, 0.05) is 13.1 Å². The second-order valence-corrected chi connectivity index (χ2v) is 4.49. The lowest BCUT2D eigenvalue weighted by atomic mass is 10.2. The van der Waals surface area contributed by atoms with Crippen LogP contribution in [0.15, 0.2) is 0 Å². The molecule has 0 bridgehead atoms. The van der Waals surface area contributed by atoms with Crippen LogP contribution in [-0.2, 0) is 14.3 Å². The standard InChI is InChI=1S/C10H19NO3.ClH/c1-10(2,3)14-9(12)6-8-7-11-4-5-13-8;/h8,11H,4-7H2,1-3H3;1H. The molecule has 0 saturated carbocycles. The van der Waals surface area contributed by atoms with Gasteiger partial charge in [0.25, 0.3) is 0 Å². The van der Waals surface area contributed by atoms with Crippen LogP contribution in [-0.4, -0.2) is 37.4 Å². The third-order valence-electron chi connectivity index (χ3n) is 1.82. The monoisotopic (exact) mass is 237 g/mol. The van der Waals surface area contributed by atoms with Crippen LogP contribution in [0.2, 0.25) is 0 Å². The summed E-state index contributed by atoms with van der Waals surface area (Å²) in [4.78, 5) is 11.4. The second kappa shape index (κ2) is 6.30. The van der Waals surface area contributed by atoms with Crippen molar-refractivity contribution < 1.29 is 14.3 Å².